The molecule has 8 heteroatoms. The summed E-state index contributed by atoms with van der Waals surface area (Å²) in [5.41, 5.74) is 0. The van der Waals surface area contributed by atoms with Gasteiger partial charge in [0.1, 0.15) is 0 Å². The van der Waals surface area contributed by atoms with E-state index in [9.17, 15) is 27.6 Å². The van der Waals surface area contributed by atoms with Gasteiger partial charge >= 0.3 is 6.18 Å². The second-order valence-corrected chi connectivity index (χ2v) is 6.65. The van der Waals surface area contributed by atoms with Gasteiger partial charge < -0.3 is 5.32 Å². The number of alkyl halides is 3. The number of carbonyl (C=O) groups excluding carboxylic acids is 3. The lowest BCUT2D eigenvalue weighted by atomic mass is 9.85. The van der Waals surface area contributed by atoms with Crippen LogP contribution in [-0.4, -0.2) is 41.9 Å². The minimum Gasteiger partial charge on any atom is -0.356 e. The summed E-state index contributed by atoms with van der Waals surface area (Å²) in [4.78, 5) is 37.3. The first kappa shape index (κ1) is 17.0. The number of halogens is 3. The molecule has 2 fully saturated rings. The Morgan fingerprint density at radius 3 is 2.29 bits per heavy atom. The van der Waals surface area contributed by atoms with Crippen LogP contribution in [-0.2, 0) is 14.4 Å². The molecule has 0 radical (unpaired) electrons. The van der Waals surface area contributed by atoms with Crippen LogP contribution in [0.4, 0.5) is 13.2 Å². The minimum atomic E-state index is -4.35. The van der Waals surface area contributed by atoms with Crippen LogP contribution in [0.5, 0.6) is 0 Å². The van der Waals surface area contributed by atoms with Crippen molar-refractivity contribution in [2.45, 2.75) is 31.9 Å². The number of likely N-dealkylation sites (tertiary alicyclic amines) is 1. The Morgan fingerprint density at radius 1 is 1.17 bits per heavy atom. The van der Waals surface area contributed by atoms with Crippen LogP contribution in [0.25, 0.3) is 0 Å². The molecule has 2 bridgehead atoms. The Balaban J connectivity index is 1.41. The number of hydrogen-bond acceptors (Lipinski definition) is 3. The Morgan fingerprint density at radius 2 is 1.75 bits per heavy atom. The first-order valence-corrected chi connectivity index (χ1v) is 8.15. The number of amides is 3. The topological polar surface area (TPSA) is 66.5 Å². The third-order valence-corrected chi connectivity index (χ3v) is 5.08. The smallest absolute Gasteiger partial charge is 0.356 e. The Hall–Kier alpha value is -1.86. The molecule has 5 nitrogen and oxygen atoms in total. The normalized spacial score (nSPS) is 31.0. The molecule has 3 rings (SSSR count). The van der Waals surface area contributed by atoms with E-state index < -0.39 is 24.9 Å². The van der Waals surface area contributed by atoms with Crippen molar-refractivity contribution in [1.82, 2.24) is 10.2 Å². The van der Waals surface area contributed by atoms with Gasteiger partial charge in [0.2, 0.25) is 17.7 Å². The number of hydrogen-bond donors (Lipinski definition) is 1. The van der Waals surface area contributed by atoms with Crippen LogP contribution < -0.4 is 5.32 Å². The zero-order chi connectivity index (χ0) is 17.5. The number of nitrogens with zero attached hydrogens (tertiary/aromatic N) is 1. The molecule has 3 aliphatic rings. The van der Waals surface area contributed by atoms with Crippen LogP contribution in [0.3, 0.4) is 0 Å². The largest absolute Gasteiger partial charge is 0.389 e. The molecule has 1 saturated heterocycles. The summed E-state index contributed by atoms with van der Waals surface area (Å²) in [6.07, 6.45) is -0.863. The van der Waals surface area contributed by atoms with Gasteiger partial charge in [-0.15, -0.1) is 0 Å². The molecule has 132 valence electrons. The van der Waals surface area contributed by atoms with Crippen molar-refractivity contribution in [3.05, 3.63) is 12.2 Å². The summed E-state index contributed by atoms with van der Waals surface area (Å²) < 4.78 is 36.0. The van der Waals surface area contributed by atoms with Crippen molar-refractivity contribution in [1.29, 1.82) is 0 Å². The SMILES string of the molecule is O=C(CCC(F)(F)F)NCCCN1C(=O)[C@H]2[C@H](C1=O)[C@H]1C=C[C@H]2C1. The lowest BCUT2D eigenvalue weighted by molar-refractivity contribution is -0.144. The van der Waals surface area contributed by atoms with Crippen molar-refractivity contribution in [3.63, 3.8) is 0 Å². The number of rotatable bonds is 6. The first-order valence-electron chi connectivity index (χ1n) is 8.15. The fraction of sp³-hybridized carbons (Fsp3) is 0.688. The number of imide groups is 1. The Labute approximate surface area is 137 Å². The predicted octanol–water partition coefficient (Wildman–Crippen LogP) is 1.64. The lowest BCUT2D eigenvalue weighted by Gasteiger charge is -2.17. The lowest BCUT2D eigenvalue weighted by Crippen LogP contribution is -2.36. The minimum absolute atomic E-state index is 0.147. The Kier molecular flexibility index (Phi) is 4.40. The zero-order valence-electron chi connectivity index (χ0n) is 13.0. The summed E-state index contributed by atoms with van der Waals surface area (Å²) in [5, 5.41) is 2.39. The standard InChI is InChI=1S/C16H19F3N2O3/c17-16(18,19)5-4-11(22)20-6-1-7-21-14(23)12-9-2-3-10(8-9)13(12)15(21)24/h2-3,9-10,12-13H,1,4-8H2,(H,20,22)/t9-,10-,12+,13+/m0/s1. The van der Waals surface area contributed by atoms with Crippen LogP contribution in [0.15, 0.2) is 12.2 Å². The molecule has 0 aromatic rings. The van der Waals surface area contributed by atoms with E-state index >= 15 is 0 Å². The van der Waals surface area contributed by atoms with E-state index in [0.29, 0.717) is 6.42 Å². The highest BCUT2D eigenvalue weighted by atomic mass is 19.4. The van der Waals surface area contributed by atoms with Gasteiger partial charge in [0, 0.05) is 19.5 Å². The summed E-state index contributed by atoms with van der Waals surface area (Å²) in [7, 11) is 0. The van der Waals surface area contributed by atoms with Gasteiger partial charge in [-0.3, -0.25) is 19.3 Å². The van der Waals surface area contributed by atoms with Crippen LogP contribution >= 0.6 is 0 Å². The average molecular weight is 344 g/mol. The molecule has 0 aromatic heterocycles. The zero-order valence-corrected chi connectivity index (χ0v) is 13.0. The number of allylic oxidation sites excluding steroid dienone is 2. The van der Waals surface area contributed by atoms with Crippen molar-refractivity contribution in [3.8, 4) is 0 Å². The maximum absolute atomic E-state index is 12.4. The predicted molar refractivity (Wildman–Crippen MR) is 77.4 cm³/mol. The van der Waals surface area contributed by atoms with E-state index in [-0.39, 0.29) is 48.6 Å². The summed E-state index contributed by atoms with van der Waals surface area (Å²) in [6, 6.07) is 0. The van der Waals surface area contributed by atoms with E-state index in [1.165, 1.54) is 4.90 Å². The quantitative estimate of drug-likeness (QED) is 0.453. The molecular formula is C16H19F3N2O3. The van der Waals surface area contributed by atoms with Crippen molar-refractivity contribution in [2.75, 3.05) is 13.1 Å². The third-order valence-electron chi connectivity index (χ3n) is 5.08. The van der Waals surface area contributed by atoms with E-state index in [0.717, 1.165) is 6.42 Å². The highest BCUT2D eigenvalue weighted by Gasteiger charge is 2.58. The fourth-order valence-corrected chi connectivity index (χ4v) is 3.99. The monoisotopic (exact) mass is 344 g/mol. The summed E-state index contributed by atoms with van der Waals surface area (Å²) in [6.45, 7) is 0.345. The first-order chi connectivity index (χ1) is 11.3. The molecule has 0 aromatic carbocycles. The maximum atomic E-state index is 12.4. The van der Waals surface area contributed by atoms with E-state index in [4.69, 9.17) is 0 Å². The number of nitrogens with one attached hydrogen (secondary N) is 1. The molecule has 4 atom stereocenters. The molecule has 1 heterocycles. The van der Waals surface area contributed by atoms with Gasteiger partial charge in [-0.1, -0.05) is 12.2 Å². The van der Waals surface area contributed by atoms with Crippen LogP contribution in [0.2, 0.25) is 0 Å². The highest BCUT2D eigenvalue weighted by molar-refractivity contribution is 6.06. The molecular weight excluding hydrogens is 325 g/mol. The number of fused-ring (bicyclic) bond motifs is 5. The van der Waals surface area contributed by atoms with Crippen molar-refractivity contribution >= 4 is 17.7 Å². The molecule has 1 N–H and O–H groups in total. The summed E-state index contributed by atoms with van der Waals surface area (Å²) >= 11 is 0. The molecule has 0 spiro atoms. The number of carbonyl (C=O) groups is 3. The fourth-order valence-electron chi connectivity index (χ4n) is 3.99. The molecule has 2 aliphatic carbocycles. The summed E-state index contributed by atoms with van der Waals surface area (Å²) in [5.74, 6) is -1.14. The van der Waals surface area contributed by atoms with Gasteiger partial charge in [0.05, 0.1) is 18.3 Å². The highest BCUT2D eigenvalue weighted by Crippen LogP contribution is 2.52. The molecule has 3 amide bonds. The third kappa shape index (κ3) is 3.18. The average Bonchev–Trinajstić information content (AvgIpc) is 3.17. The van der Waals surface area contributed by atoms with Gasteiger partial charge in [-0.05, 0) is 24.7 Å². The molecule has 24 heavy (non-hydrogen) atoms. The molecule has 0 unspecified atom stereocenters. The van der Waals surface area contributed by atoms with E-state index in [1.807, 2.05) is 12.2 Å². The second kappa shape index (κ2) is 6.22. The van der Waals surface area contributed by atoms with Gasteiger partial charge in [0.15, 0.2) is 0 Å². The van der Waals surface area contributed by atoms with Crippen molar-refractivity contribution < 1.29 is 27.6 Å². The van der Waals surface area contributed by atoms with Gasteiger partial charge in [-0.2, -0.15) is 13.2 Å². The molecule has 1 saturated carbocycles. The second-order valence-electron chi connectivity index (χ2n) is 6.65. The van der Waals surface area contributed by atoms with Gasteiger partial charge in [-0.25, -0.2) is 0 Å². The van der Waals surface area contributed by atoms with E-state index in [1.54, 1.807) is 0 Å². The van der Waals surface area contributed by atoms with Crippen LogP contribution in [0.1, 0.15) is 25.7 Å². The Bertz CT molecular complexity index is 558. The molecule has 1 aliphatic heterocycles. The van der Waals surface area contributed by atoms with Gasteiger partial charge in [0.25, 0.3) is 0 Å². The van der Waals surface area contributed by atoms with Crippen LogP contribution in [0, 0.1) is 23.7 Å². The maximum Gasteiger partial charge on any atom is 0.389 e. The van der Waals surface area contributed by atoms with Crippen molar-refractivity contribution in [2.24, 2.45) is 23.7 Å². The van der Waals surface area contributed by atoms with E-state index in [2.05, 4.69) is 5.32 Å².